The third kappa shape index (κ3) is 4.80. The van der Waals surface area contributed by atoms with Crippen LogP contribution in [0.2, 0.25) is 10.0 Å². The highest BCUT2D eigenvalue weighted by molar-refractivity contribution is 6.38. The smallest absolute Gasteiger partial charge is 0.341 e. The van der Waals surface area contributed by atoms with Crippen molar-refractivity contribution in [1.29, 1.82) is 0 Å². The van der Waals surface area contributed by atoms with E-state index in [4.69, 9.17) is 28.2 Å². The molecule has 5 rings (SSSR count). The van der Waals surface area contributed by atoms with Gasteiger partial charge in [-0.25, -0.2) is 9.18 Å². The first-order chi connectivity index (χ1) is 16.8. The molecule has 0 spiro atoms. The summed E-state index contributed by atoms with van der Waals surface area (Å²) in [7, 11) is 0. The van der Waals surface area contributed by atoms with E-state index < -0.39 is 17.2 Å². The van der Waals surface area contributed by atoms with Crippen LogP contribution in [0.25, 0.3) is 10.9 Å². The van der Waals surface area contributed by atoms with Crippen LogP contribution in [-0.2, 0) is 0 Å². The van der Waals surface area contributed by atoms with Crippen molar-refractivity contribution in [3.05, 3.63) is 73.7 Å². The SMILES string of the molecule is O=C(O)c1cn(C2CC2)c2c(Cl)c(N3CCCC[C@@H](N=Cc4ccc(Cl)cc4)C3)c(F)cc2c1=O. The average Bonchev–Trinajstić information content (AvgIpc) is 3.67. The molecule has 1 N–H and O–H groups in total. The Hall–Kier alpha value is -2.90. The Morgan fingerprint density at radius 3 is 2.57 bits per heavy atom. The van der Waals surface area contributed by atoms with Crippen LogP contribution >= 0.6 is 23.2 Å². The van der Waals surface area contributed by atoms with Crippen LogP contribution in [0.3, 0.4) is 0 Å². The van der Waals surface area contributed by atoms with Crippen molar-refractivity contribution < 1.29 is 14.3 Å². The summed E-state index contributed by atoms with van der Waals surface area (Å²) in [5.74, 6) is -1.97. The minimum absolute atomic E-state index is 0.00446. The molecule has 182 valence electrons. The summed E-state index contributed by atoms with van der Waals surface area (Å²) in [4.78, 5) is 31.1. The third-order valence-electron chi connectivity index (χ3n) is 6.62. The lowest BCUT2D eigenvalue weighted by Gasteiger charge is -2.27. The van der Waals surface area contributed by atoms with Crippen molar-refractivity contribution in [1.82, 2.24) is 4.57 Å². The standard InChI is InChI=1S/C26H24Cl2FN3O3/c27-16-6-4-15(5-7-16)12-30-17-3-1-2-10-31(13-17)24-21(29)11-19-23(22(24)28)32(18-8-9-18)14-20(25(19)33)26(34)35/h4-7,11-12,14,17-18H,1-3,8-10,13H2,(H,34,35)/t17-/m1/s1. The number of aromatic nitrogens is 1. The maximum Gasteiger partial charge on any atom is 0.341 e. The zero-order valence-corrected chi connectivity index (χ0v) is 20.4. The zero-order chi connectivity index (χ0) is 24.7. The van der Waals surface area contributed by atoms with Gasteiger partial charge >= 0.3 is 5.97 Å². The van der Waals surface area contributed by atoms with Gasteiger partial charge in [0.15, 0.2) is 0 Å². The van der Waals surface area contributed by atoms with E-state index in [-0.39, 0.29) is 33.7 Å². The van der Waals surface area contributed by atoms with Crippen LogP contribution < -0.4 is 10.3 Å². The van der Waals surface area contributed by atoms with Gasteiger partial charge in [0.1, 0.15) is 11.4 Å². The molecule has 2 aromatic carbocycles. The molecular formula is C26H24Cl2FN3O3. The maximum absolute atomic E-state index is 15.5. The summed E-state index contributed by atoms with van der Waals surface area (Å²) in [6.45, 7) is 1.09. The maximum atomic E-state index is 15.5. The lowest BCUT2D eigenvalue weighted by molar-refractivity contribution is 0.0695. The largest absolute Gasteiger partial charge is 0.477 e. The molecule has 1 saturated heterocycles. The third-order valence-corrected chi connectivity index (χ3v) is 7.23. The number of carbonyl (C=O) groups is 1. The number of rotatable bonds is 5. The lowest BCUT2D eigenvalue weighted by Crippen LogP contribution is -2.31. The van der Waals surface area contributed by atoms with Crippen LogP contribution in [-0.4, -0.2) is 41.0 Å². The van der Waals surface area contributed by atoms with E-state index in [0.29, 0.717) is 23.6 Å². The Morgan fingerprint density at radius 1 is 1.14 bits per heavy atom. The number of carboxylic acid groups (broad SMARTS) is 1. The van der Waals surface area contributed by atoms with Crippen LogP contribution in [0.1, 0.15) is 54.1 Å². The number of aromatic carboxylic acids is 1. The van der Waals surface area contributed by atoms with E-state index in [1.807, 2.05) is 29.2 Å². The minimum Gasteiger partial charge on any atom is -0.477 e. The zero-order valence-electron chi connectivity index (χ0n) is 18.9. The molecule has 2 heterocycles. The van der Waals surface area contributed by atoms with Gasteiger partial charge in [0, 0.05) is 36.6 Å². The topological polar surface area (TPSA) is 74.9 Å². The highest BCUT2D eigenvalue weighted by Gasteiger charge is 2.31. The number of fused-ring (bicyclic) bond motifs is 1. The van der Waals surface area contributed by atoms with Gasteiger partial charge in [0.2, 0.25) is 5.43 Å². The molecule has 9 heteroatoms. The van der Waals surface area contributed by atoms with E-state index in [2.05, 4.69) is 0 Å². The molecule has 2 fully saturated rings. The molecule has 35 heavy (non-hydrogen) atoms. The van der Waals surface area contributed by atoms with Gasteiger partial charge in [0.25, 0.3) is 0 Å². The van der Waals surface area contributed by atoms with Crippen molar-refractivity contribution in [2.75, 3.05) is 18.0 Å². The number of carboxylic acids is 1. The Bertz CT molecular complexity index is 1380. The fraction of sp³-hybridized carbons (Fsp3) is 0.346. The first kappa shape index (κ1) is 23.8. The van der Waals surface area contributed by atoms with Crippen LogP contribution in [0.15, 0.2) is 46.3 Å². The summed E-state index contributed by atoms with van der Waals surface area (Å²) in [5.41, 5.74) is 0.468. The number of benzene rings is 2. The number of aliphatic imine (C=N–C) groups is 1. The number of halogens is 3. The van der Waals surface area contributed by atoms with E-state index in [1.54, 1.807) is 10.8 Å². The summed E-state index contributed by atoms with van der Waals surface area (Å²) < 4.78 is 17.2. The molecule has 3 aromatic rings. The van der Waals surface area contributed by atoms with E-state index in [0.717, 1.165) is 43.7 Å². The first-order valence-corrected chi connectivity index (χ1v) is 12.4. The minimum atomic E-state index is -1.33. The fourth-order valence-electron chi connectivity index (χ4n) is 4.70. The van der Waals surface area contributed by atoms with Crippen molar-refractivity contribution in [2.45, 2.75) is 44.2 Å². The monoisotopic (exact) mass is 515 g/mol. The van der Waals surface area contributed by atoms with Gasteiger partial charge in [-0.15, -0.1) is 0 Å². The highest BCUT2D eigenvalue weighted by Crippen LogP contribution is 2.42. The second-order valence-corrected chi connectivity index (χ2v) is 9.97. The van der Waals surface area contributed by atoms with Crippen LogP contribution in [0, 0.1) is 5.82 Å². The molecule has 1 saturated carbocycles. The summed E-state index contributed by atoms with van der Waals surface area (Å²) in [5, 5.41) is 10.3. The predicted molar refractivity (Wildman–Crippen MR) is 137 cm³/mol. The number of hydrogen-bond acceptors (Lipinski definition) is 4. The van der Waals surface area contributed by atoms with Gasteiger partial charge in [-0.05, 0) is 55.9 Å². The summed E-state index contributed by atoms with van der Waals surface area (Å²) in [6.07, 6.45) is 7.52. The number of anilines is 1. The summed E-state index contributed by atoms with van der Waals surface area (Å²) >= 11 is 12.8. The molecular weight excluding hydrogens is 492 g/mol. The molecule has 2 aliphatic rings. The Morgan fingerprint density at radius 2 is 1.89 bits per heavy atom. The van der Waals surface area contributed by atoms with E-state index >= 15 is 4.39 Å². The fourth-order valence-corrected chi connectivity index (χ4v) is 5.23. The Balaban J connectivity index is 1.54. The van der Waals surface area contributed by atoms with Crippen LogP contribution in [0.5, 0.6) is 0 Å². The second kappa shape index (κ2) is 9.63. The molecule has 0 amide bonds. The van der Waals surface area contributed by atoms with Gasteiger partial charge in [-0.2, -0.15) is 0 Å². The van der Waals surface area contributed by atoms with Crippen molar-refractivity contribution >= 4 is 52.0 Å². The molecule has 1 atom stereocenters. The Labute approximate surface area is 211 Å². The molecule has 0 bridgehead atoms. The number of hydrogen-bond donors (Lipinski definition) is 1. The lowest BCUT2D eigenvalue weighted by atomic mass is 10.1. The highest BCUT2D eigenvalue weighted by atomic mass is 35.5. The van der Waals surface area contributed by atoms with Crippen molar-refractivity contribution in [3.8, 4) is 0 Å². The first-order valence-electron chi connectivity index (χ1n) is 11.7. The molecule has 1 aliphatic heterocycles. The van der Waals surface area contributed by atoms with Gasteiger partial charge in [0.05, 0.1) is 27.7 Å². The molecule has 0 radical (unpaired) electrons. The van der Waals surface area contributed by atoms with Gasteiger partial charge in [-0.1, -0.05) is 35.3 Å². The van der Waals surface area contributed by atoms with E-state index in [9.17, 15) is 14.7 Å². The second-order valence-electron chi connectivity index (χ2n) is 9.16. The quantitative estimate of drug-likeness (QED) is 0.425. The summed E-state index contributed by atoms with van der Waals surface area (Å²) in [6, 6.07) is 8.53. The molecule has 6 nitrogen and oxygen atoms in total. The normalized spacial score (nSPS) is 18.8. The van der Waals surface area contributed by atoms with Gasteiger partial charge in [-0.3, -0.25) is 9.79 Å². The molecule has 1 aromatic heterocycles. The van der Waals surface area contributed by atoms with Gasteiger partial charge < -0.3 is 14.6 Å². The Kier molecular flexibility index (Phi) is 6.55. The average molecular weight is 516 g/mol. The number of nitrogens with zero attached hydrogens (tertiary/aromatic N) is 3. The van der Waals surface area contributed by atoms with Crippen LogP contribution in [0.4, 0.5) is 10.1 Å². The van der Waals surface area contributed by atoms with E-state index in [1.165, 1.54) is 6.20 Å². The predicted octanol–water partition coefficient (Wildman–Crippen LogP) is 5.96. The molecule has 0 unspecified atom stereocenters. The van der Waals surface area contributed by atoms with Crippen molar-refractivity contribution in [2.24, 2.45) is 4.99 Å². The van der Waals surface area contributed by atoms with Crippen molar-refractivity contribution in [3.63, 3.8) is 0 Å². The molecule has 1 aliphatic carbocycles. The number of pyridine rings is 1.